The number of ether oxygens (including phenoxy) is 1. The van der Waals surface area contributed by atoms with Gasteiger partial charge in [0.2, 0.25) is 0 Å². The first kappa shape index (κ1) is 15.3. The zero-order valence-electron chi connectivity index (χ0n) is 13.7. The maximum absolute atomic E-state index is 11.6. The first-order valence-corrected chi connectivity index (χ1v) is 7.81. The van der Waals surface area contributed by atoms with Crippen molar-refractivity contribution in [3.05, 3.63) is 71.8 Å². The minimum Gasteiger partial charge on any atom is -0.465 e. The highest BCUT2D eigenvalue weighted by molar-refractivity contribution is 5.91. The molecule has 2 aliphatic carbocycles. The predicted molar refractivity (Wildman–Crippen MR) is 93.9 cm³/mol. The second-order valence-electron chi connectivity index (χ2n) is 6.01. The van der Waals surface area contributed by atoms with Crippen molar-refractivity contribution in [3.63, 3.8) is 0 Å². The van der Waals surface area contributed by atoms with Crippen molar-refractivity contribution in [1.29, 1.82) is 0 Å². The Hall–Kier alpha value is -2.61. The van der Waals surface area contributed by atoms with E-state index in [1.165, 1.54) is 29.4 Å². The van der Waals surface area contributed by atoms with Crippen molar-refractivity contribution in [1.82, 2.24) is 0 Å². The molecule has 0 aromatic heterocycles. The van der Waals surface area contributed by atoms with Gasteiger partial charge in [0, 0.05) is 0 Å². The van der Waals surface area contributed by atoms with Gasteiger partial charge in [-0.1, -0.05) is 62.4 Å². The van der Waals surface area contributed by atoms with Crippen LogP contribution in [0.3, 0.4) is 0 Å². The van der Waals surface area contributed by atoms with Gasteiger partial charge in [0.1, 0.15) is 0 Å². The molecule has 1 aromatic carbocycles. The molecule has 116 valence electrons. The fraction of sp³-hybridized carbons (Fsp3) is 0.190. The molecule has 0 unspecified atom stereocenters. The molecule has 0 atom stereocenters. The van der Waals surface area contributed by atoms with E-state index in [9.17, 15) is 4.79 Å². The van der Waals surface area contributed by atoms with E-state index >= 15 is 0 Å². The number of esters is 1. The summed E-state index contributed by atoms with van der Waals surface area (Å²) >= 11 is 0. The van der Waals surface area contributed by atoms with Crippen molar-refractivity contribution >= 4 is 5.97 Å². The van der Waals surface area contributed by atoms with Crippen LogP contribution in [-0.4, -0.2) is 13.1 Å². The average molecular weight is 304 g/mol. The van der Waals surface area contributed by atoms with Gasteiger partial charge in [-0.3, -0.25) is 0 Å². The fourth-order valence-corrected chi connectivity index (χ4v) is 2.82. The molecule has 0 aliphatic heterocycles. The molecule has 2 heteroatoms. The van der Waals surface area contributed by atoms with Crippen molar-refractivity contribution in [2.75, 3.05) is 7.11 Å². The van der Waals surface area contributed by atoms with E-state index in [4.69, 9.17) is 4.74 Å². The average Bonchev–Trinajstić information content (AvgIpc) is 2.94. The SMILES string of the molecule is COC(=O)c1ccc(-c2ccc(C(C)C)cc3cccc2-3)cc1. The highest BCUT2D eigenvalue weighted by Gasteiger charge is 2.12. The van der Waals surface area contributed by atoms with Crippen LogP contribution in [-0.2, 0) is 4.74 Å². The topological polar surface area (TPSA) is 26.3 Å². The standard InChI is InChI=1S/C21H20O2/c1-14(2)17-11-12-20(19-6-4-5-18(19)13-17)15-7-9-16(10-8-15)21(22)23-3/h4-14H,1-3H3. The van der Waals surface area contributed by atoms with Gasteiger partial charge in [-0.2, -0.15) is 0 Å². The molecule has 0 saturated heterocycles. The van der Waals surface area contributed by atoms with Gasteiger partial charge < -0.3 is 4.74 Å². The Kier molecular flexibility index (Phi) is 4.16. The molecule has 0 bridgehead atoms. The minimum absolute atomic E-state index is 0.310. The molecule has 0 heterocycles. The van der Waals surface area contributed by atoms with Crippen LogP contribution in [0.5, 0.6) is 0 Å². The van der Waals surface area contributed by atoms with Crippen LogP contribution in [0, 0.1) is 0 Å². The Morgan fingerprint density at radius 3 is 2.22 bits per heavy atom. The summed E-state index contributed by atoms with van der Waals surface area (Å²) in [4.78, 5) is 11.6. The molecular weight excluding hydrogens is 284 g/mol. The molecular formula is C21H20O2. The van der Waals surface area contributed by atoms with Gasteiger partial charge >= 0.3 is 5.97 Å². The third kappa shape index (κ3) is 2.98. The van der Waals surface area contributed by atoms with Gasteiger partial charge in [0.05, 0.1) is 12.7 Å². The lowest BCUT2D eigenvalue weighted by Crippen LogP contribution is -2.00. The normalized spacial score (nSPS) is 11.0. The Balaban J connectivity index is 2.10. The van der Waals surface area contributed by atoms with Crippen molar-refractivity contribution in [2.24, 2.45) is 0 Å². The fourth-order valence-electron chi connectivity index (χ4n) is 2.82. The lowest BCUT2D eigenvalue weighted by Gasteiger charge is -2.06. The number of fused-ring (bicyclic) bond motifs is 1. The summed E-state index contributed by atoms with van der Waals surface area (Å²) in [5.41, 5.74) is 6.62. The molecule has 0 saturated carbocycles. The summed E-state index contributed by atoms with van der Waals surface area (Å²) in [7, 11) is 1.40. The second kappa shape index (κ2) is 6.25. The summed E-state index contributed by atoms with van der Waals surface area (Å²) in [6, 6.07) is 20.6. The van der Waals surface area contributed by atoms with Crippen molar-refractivity contribution < 1.29 is 9.53 Å². The third-order valence-electron chi connectivity index (χ3n) is 4.19. The number of hydrogen-bond donors (Lipinski definition) is 0. The van der Waals surface area contributed by atoms with Crippen LogP contribution in [0.4, 0.5) is 0 Å². The van der Waals surface area contributed by atoms with Gasteiger partial charge in [-0.15, -0.1) is 0 Å². The quantitative estimate of drug-likeness (QED) is 0.608. The monoisotopic (exact) mass is 304 g/mol. The van der Waals surface area contributed by atoms with E-state index in [0.29, 0.717) is 11.5 Å². The number of carbonyl (C=O) groups is 1. The van der Waals surface area contributed by atoms with Crippen molar-refractivity contribution in [3.8, 4) is 22.3 Å². The highest BCUT2D eigenvalue weighted by atomic mass is 16.5. The zero-order chi connectivity index (χ0) is 16.4. The lowest BCUT2D eigenvalue weighted by molar-refractivity contribution is 0.0601. The van der Waals surface area contributed by atoms with E-state index in [0.717, 1.165) is 5.56 Å². The Bertz CT molecular complexity index is 800. The Morgan fingerprint density at radius 1 is 0.870 bits per heavy atom. The predicted octanol–water partition coefficient (Wildman–Crippen LogP) is 5.37. The number of methoxy groups -OCH3 is 1. The second-order valence-corrected chi connectivity index (χ2v) is 6.01. The van der Waals surface area contributed by atoms with E-state index in [2.05, 4.69) is 50.2 Å². The molecule has 23 heavy (non-hydrogen) atoms. The summed E-state index contributed by atoms with van der Waals surface area (Å²) < 4.78 is 4.76. The van der Waals surface area contributed by atoms with E-state index in [1.54, 1.807) is 0 Å². The molecule has 3 rings (SSSR count). The first-order chi connectivity index (χ1) is 11.1. The molecule has 0 radical (unpaired) electrons. The van der Waals surface area contributed by atoms with Crippen LogP contribution >= 0.6 is 0 Å². The maximum atomic E-state index is 11.6. The summed E-state index contributed by atoms with van der Waals surface area (Å²) in [5, 5.41) is 0. The summed E-state index contributed by atoms with van der Waals surface area (Å²) in [6.07, 6.45) is 0. The van der Waals surface area contributed by atoms with E-state index in [1.807, 2.05) is 24.3 Å². The van der Waals surface area contributed by atoms with Crippen LogP contribution in [0.25, 0.3) is 22.3 Å². The highest BCUT2D eigenvalue weighted by Crippen LogP contribution is 2.35. The van der Waals surface area contributed by atoms with Gasteiger partial charge in [-0.25, -0.2) is 4.79 Å². The zero-order valence-corrected chi connectivity index (χ0v) is 13.7. The molecule has 0 spiro atoms. The smallest absolute Gasteiger partial charge is 0.337 e. The largest absolute Gasteiger partial charge is 0.465 e. The number of hydrogen-bond acceptors (Lipinski definition) is 2. The van der Waals surface area contributed by atoms with Gasteiger partial charge in [-0.05, 0) is 45.9 Å². The molecule has 2 nitrogen and oxygen atoms in total. The number of rotatable bonds is 3. The van der Waals surface area contributed by atoms with Crippen LogP contribution in [0.2, 0.25) is 0 Å². The molecule has 0 amide bonds. The summed E-state index contributed by atoms with van der Waals surface area (Å²) in [5.74, 6) is 0.172. The lowest BCUT2D eigenvalue weighted by atomic mass is 9.99. The molecule has 2 aliphatic rings. The van der Waals surface area contributed by atoms with Crippen LogP contribution < -0.4 is 0 Å². The van der Waals surface area contributed by atoms with Crippen molar-refractivity contribution in [2.45, 2.75) is 19.8 Å². The number of carbonyl (C=O) groups excluding carboxylic acids is 1. The maximum Gasteiger partial charge on any atom is 0.337 e. The third-order valence-corrected chi connectivity index (χ3v) is 4.19. The molecule has 0 fully saturated rings. The molecule has 0 N–H and O–H groups in total. The van der Waals surface area contributed by atoms with E-state index < -0.39 is 0 Å². The van der Waals surface area contributed by atoms with E-state index in [-0.39, 0.29) is 5.97 Å². The number of benzene rings is 1. The van der Waals surface area contributed by atoms with Gasteiger partial charge in [0.25, 0.3) is 0 Å². The Morgan fingerprint density at radius 2 is 1.57 bits per heavy atom. The Labute approximate surface area is 137 Å². The summed E-state index contributed by atoms with van der Waals surface area (Å²) in [6.45, 7) is 4.41. The van der Waals surface area contributed by atoms with Crippen LogP contribution in [0.1, 0.15) is 35.7 Å². The molecule has 1 aromatic rings. The van der Waals surface area contributed by atoms with Crippen LogP contribution in [0.15, 0.2) is 60.7 Å². The minimum atomic E-state index is -0.310. The first-order valence-electron chi connectivity index (χ1n) is 7.81. The van der Waals surface area contributed by atoms with Gasteiger partial charge in [0.15, 0.2) is 0 Å².